The van der Waals surface area contributed by atoms with Crippen LogP contribution in [-0.4, -0.2) is 45.3 Å². The third-order valence-electron chi connectivity index (χ3n) is 6.67. The Morgan fingerprint density at radius 3 is 2.50 bits per heavy atom. The highest BCUT2D eigenvalue weighted by atomic mass is 16.3. The predicted octanol–water partition coefficient (Wildman–Crippen LogP) is 3.68. The number of aliphatic hydroxyl groups is 1. The van der Waals surface area contributed by atoms with E-state index in [2.05, 4.69) is 32.0 Å². The number of aromatic nitrogens is 3. The number of piperidine rings is 1. The van der Waals surface area contributed by atoms with E-state index in [9.17, 15) is 5.11 Å². The fourth-order valence-electron chi connectivity index (χ4n) is 4.67. The minimum atomic E-state index is -0.151. The monoisotopic (exact) mass is 408 g/mol. The van der Waals surface area contributed by atoms with Crippen LogP contribution in [0.4, 0.5) is 17.5 Å². The summed E-state index contributed by atoms with van der Waals surface area (Å²) in [4.78, 5) is 14.1. The molecule has 2 aromatic rings. The standard InChI is InChI=1S/C23H32N6O/c30-19-5-3-17(4-6-19)27-22-20(15-7-10-24-11-8-15)14-26-23(29-22)28-18-9-12-25-21(13-18)16-1-2-16/h9,12-17,19,24,30H,1-8,10-11H2,(H2,25,26,27,28,29). The maximum Gasteiger partial charge on any atom is 0.229 e. The number of hydrogen-bond acceptors (Lipinski definition) is 7. The van der Waals surface area contributed by atoms with Crippen LogP contribution in [0.2, 0.25) is 0 Å². The van der Waals surface area contributed by atoms with Crippen LogP contribution in [0.1, 0.15) is 74.5 Å². The third kappa shape index (κ3) is 4.73. The first kappa shape index (κ1) is 19.7. The zero-order chi connectivity index (χ0) is 20.3. The molecule has 1 aliphatic heterocycles. The van der Waals surface area contributed by atoms with Gasteiger partial charge >= 0.3 is 0 Å². The Hall–Kier alpha value is -2.25. The zero-order valence-electron chi connectivity index (χ0n) is 17.5. The normalized spacial score (nSPS) is 25.1. The molecular formula is C23H32N6O. The number of nitrogens with zero attached hydrogens (tertiary/aromatic N) is 3. The van der Waals surface area contributed by atoms with Gasteiger partial charge < -0.3 is 21.1 Å². The van der Waals surface area contributed by atoms with Crippen molar-refractivity contribution in [2.75, 3.05) is 23.7 Å². The smallest absolute Gasteiger partial charge is 0.229 e. The van der Waals surface area contributed by atoms with E-state index in [0.717, 1.165) is 68.8 Å². The molecule has 3 fully saturated rings. The van der Waals surface area contributed by atoms with Crippen LogP contribution >= 0.6 is 0 Å². The van der Waals surface area contributed by atoms with Crippen LogP contribution in [-0.2, 0) is 0 Å². The maximum absolute atomic E-state index is 9.85. The van der Waals surface area contributed by atoms with Gasteiger partial charge in [-0.15, -0.1) is 0 Å². The molecule has 0 aromatic carbocycles. The number of aliphatic hydroxyl groups excluding tert-OH is 1. The molecule has 0 unspecified atom stereocenters. The Labute approximate surface area is 178 Å². The Kier molecular flexibility index (Phi) is 5.82. The Morgan fingerprint density at radius 2 is 1.73 bits per heavy atom. The molecule has 3 aliphatic rings. The Balaban J connectivity index is 1.37. The van der Waals surface area contributed by atoms with Crippen molar-refractivity contribution in [2.24, 2.45) is 0 Å². The van der Waals surface area contributed by atoms with Crippen LogP contribution in [0.5, 0.6) is 0 Å². The van der Waals surface area contributed by atoms with Crippen molar-refractivity contribution in [3.8, 4) is 0 Å². The molecule has 4 N–H and O–H groups in total. The highest BCUT2D eigenvalue weighted by Gasteiger charge is 2.26. The van der Waals surface area contributed by atoms with Crippen molar-refractivity contribution in [1.29, 1.82) is 0 Å². The molecule has 0 spiro atoms. The molecule has 160 valence electrons. The lowest BCUT2D eigenvalue weighted by Gasteiger charge is -2.29. The zero-order valence-corrected chi connectivity index (χ0v) is 17.5. The second-order valence-electron chi connectivity index (χ2n) is 9.04. The van der Waals surface area contributed by atoms with Crippen LogP contribution < -0.4 is 16.0 Å². The number of nitrogens with one attached hydrogen (secondary N) is 3. The number of pyridine rings is 1. The second-order valence-corrected chi connectivity index (χ2v) is 9.04. The molecule has 2 aliphatic carbocycles. The molecule has 3 heterocycles. The molecule has 5 rings (SSSR count). The first-order valence-electron chi connectivity index (χ1n) is 11.5. The van der Waals surface area contributed by atoms with Gasteiger partial charge in [0.2, 0.25) is 5.95 Å². The minimum Gasteiger partial charge on any atom is -0.393 e. The lowest BCUT2D eigenvalue weighted by molar-refractivity contribution is 0.126. The SMILES string of the molecule is OC1CCC(Nc2nc(Nc3ccnc(C4CC4)c3)ncc2C2CCNCC2)CC1. The molecule has 7 nitrogen and oxygen atoms in total. The molecule has 0 radical (unpaired) electrons. The first-order chi connectivity index (χ1) is 14.7. The lowest BCUT2D eigenvalue weighted by atomic mass is 9.90. The van der Waals surface area contributed by atoms with Crippen LogP contribution in [0, 0.1) is 0 Å². The van der Waals surface area contributed by atoms with Gasteiger partial charge in [-0.05, 0) is 82.5 Å². The Morgan fingerprint density at radius 1 is 0.933 bits per heavy atom. The second kappa shape index (κ2) is 8.86. The van der Waals surface area contributed by atoms with Gasteiger partial charge in [0.05, 0.1) is 6.10 Å². The number of hydrogen-bond donors (Lipinski definition) is 4. The molecule has 0 amide bonds. The fourth-order valence-corrected chi connectivity index (χ4v) is 4.67. The van der Waals surface area contributed by atoms with Crippen molar-refractivity contribution >= 4 is 17.5 Å². The molecule has 2 aromatic heterocycles. The summed E-state index contributed by atoms with van der Waals surface area (Å²) in [6.45, 7) is 2.08. The summed E-state index contributed by atoms with van der Waals surface area (Å²) >= 11 is 0. The van der Waals surface area contributed by atoms with Gasteiger partial charge in [-0.25, -0.2) is 4.98 Å². The third-order valence-corrected chi connectivity index (χ3v) is 6.67. The largest absolute Gasteiger partial charge is 0.393 e. The van der Waals surface area contributed by atoms with Crippen LogP contribution in [0.25, 0.3) is 0 Å². The first-order valence-corrected chi connectivity index (χ1v) is 11.5. The van der Waals surface area contributed by atoms with E-state index in [4.69, 9.17) is 4.98 Å². The summed E-state index contributed by atoms with van der Waals surface area (Å²) in [7, 11) is 0. The minimum absolute atomic E-state index is 0.151. The molecule has 1 saturated heterocycles. The van der Waals surface area contributed by atoms with E-state index < -0.39 is 0 Å². The van der Waals surface area contributed by atoms with E-state index in [1.165, 1.54) is 18.4 Å². The topological polar surface area (TPSA) is 95.0 Å². The van der Waals surface area contributed by atoms with Gasteiger partial charge in [0.1, 0.15) is 5.82 Å². The summed E-state index contributed by atoms with van der Waals surface area (Å²) < 4.78 is 0. The lowest BCUT2D eigenvalue weighted by Crippen LogP contribution is -2.30. The van der Waals surface area contributed by atoms with Crippen molar-refractivity contribution in [1.82, 2.24) is 20.3 Å². The Bertz CT molecular complexity index is 857. The highest BCUT2D eigenvalue weighted by Crippen LogP contribution is 2.39. The average Bonchev–Trinajstić information content (AvgIpc) is 3.62. The molecule has 0 atom stereocenters. The summed E-state index contributed by atoms with van der Waals surface area (Å²) in [6, 6.07) is 4.46. The number of anilines is 3. The van der Waals surface area contributed by atoms with E-state index >= 15 is 0 Å². The van der Waals surface area contributed by atoms with Crippen molar-refractivity contribution < 1.29 is 5.11 Å². The summed E-state index contributed by atoms with van der Waals surface area (Å²) in [5.41, 5.74) is 3.38. The van der Waals surface area contributed by atoms with Crippen molar-refractivity contribution in [3.05, 3.63) is 35.8 Å². The fraction of sp³-hybridized carbons (Fsp3) is 0.609. The van der Waals surface area contributed by atoms with Gasteiger partial charge in [0.15, 0.2) is 0 Å². The summed E-state index contributed by atoms with van der Waals surface area (Å²) in [5.74, 6) is 2.68. The van der Waals surface area contributed by atoms with Crippen LogP contribution in [0.3, 0.4) is 0 Å². The average molecular weight is 409 g/mol. The van der Waals surface area contributed by atoms with Gasteiger partial charge in [0, 0.05) is 41.3 Å². The van der Waals surface area contributed by atoms with Gasteiger partial charge in [-0.3, -0.25) is 4.98 Å². The molecule has 30 heavy (non-hydrogen) atoms. The molecule has 7 heteroatoms. The van der Waals surface area contributed by atoms with Gasteiger partial charge in [-0.2, -0.15) is 4.98 Å². The van der Waals surface area contributed by atoms with E-state index in [-0.39, 0.29) is 6.10 Å². The molecular weight excluding hydrogens is 376 g/mol. The van der Waals surface area contributed by atoms with E-state index in [1.807, 2.05) is 18.5 Å². The van der Waals surface area contributed by atoms with Gasteiger partial charge in [0.25, 0.3) is 0 Å². The van der Waals surface area contributed by atoms with E-state index in [0.29, 0.717) is 23.8 Å². The van der Waals surface area contributed by atoms with E-state index in [1.54, 1.807) is 0 Å². The quantitative estimate of drug-likeness (QED) is 0.579. The number of rotatable bonds is 6. The summed E-state index contributed by atoms with van der Waals surface area (Å²) in [5, 5.41) is 20.4. The molecule has 0 bridgehead atoms. The maximum atomic E-state index is 9.85. The van der Waals surface area contributed by atoms with Gasteiger partial charge in [-0.1, -0.05) is 0 Å². The van der Waals surface area contributed by atoms with Crippen molar-refractivity contribution in [2.45, 2.75) is 75.3 Å². The summed E-state index contributed by atoms with van der Waals surface area (Å²) in [6.07, 6.45) is 12.1. The van der Waals surface area contributed by atoms with Crippen molar-refractivity contribution in [3.63, 3.8) is 0 Å². The predicted molar refractivity (Wildman–Crippen MR) is 118 cm³/mol. The van der Waals surface area contributed by atoms with Crippen LogP contribution in [0.15, 0.2) is 24.5 Å². The highest BCUT2D eigenvalue weighted by molar-refractivity contribution is 5.57. The molecule has 2 saturated carbocycles.